The number of para-hydroxylation sites is 2. The summed E-state index contributed by atoms with van der Waals surface area (Å²) in [6, 6.07) is 23.0. The number of hydrogen-bond donors (Lipinski definition) is 4. The highest BCUT2D eigenvalue weighted by Crippen LogP contribution is 2.19. The Kier molecular flexibility index (Phi) is 8.78. The predicted molar refractivity (Wildman–Crippen MR) is 129 cm³/mol. The monoisotopic (exact) mass is 436 g/mol. The SMILES string of the molecule is Cc1ccccc1NC[C@@H](O)COc1ccc(OC[C@@H](O)CNc2ccccc2C)cc1. The van der Waals surface area contributed by atoms with Crippen molar-refractivity contribution in [2.45, 2.75) is 26.1 Å². The summed E-state index contributed by atoms with van der Waals surface area (Å²) in [6.07, 6.45) is -1.28. The Bertz CT molecular complexity index is 884. The van der Waals surface area contributed by atoms with Crippen molar-refractivity contribution < 1.29 is 19.7 Å². The number of anilines is 2. The highest BCUT2D eigenvalue weighted by atomic mass is 16.5. The molecule has 3 aromatic carbocycles. The van der Waals surface area contributed by atoms with Gasteiger partial charge < -0.3 is 30.3 Å². The first-order chi connectivity index (χ1) is 15.5. The average molecular weight is 437 g/mol. The van der Waals surface area contributed by atoms with Crippen LogP contribution >= 0.6 is 0 Å². The van der Waals surface area contributed by atoms with Crippen molar-refractivity contribution in [3.8, 4) is 11.5 Å². The summed E-state index contributed by atoms with van der Waals surface area (Å²) in [7, 11) is 0. The molecule has 0 unspecified atom stereocenters. The second kappa shape index (κ2) is 12.0. The Morgan fingerprint density at radius 3 is 1.38 bits per heavy atom. The van der Waals surface area contributed by atoms with Gasteiger partial charge in [0.1, 0.15) is 36.9 Å². The summed E-state index contributed by atoms with van der Waals surface area (Å²) in [5.41, 5.74) is 4.27. The maximum Gasteiger partial charge on any atom is 0.119 e. The van der Waals surface area contributed by atoms with Gasteiger partial charge in [-0.3, -0.25) is 0 Å². The molecule has 2 atom stereocenters. The van der Waals surface area contributed by atoms with Crippen LogP contribution in [0.25, 0.3) is 0 Å². The van der Waals surface area contributed by atoms with Crippen LogP contribution in [-0.2, 0) is 0 Å². The van der Waals surface area contributed by atoms with Gasteiger partial charge in [-0.25, -0.2) is 0 Å². The van der Waals surface area contributed by atoms with Crippen LogP contribution in [0.15, 0.2) is 72.8 Å². The van der Waals surface area contributed by atoms with Crippen LogP contribution in [0.2, 0.25) is 0 Å². The van der Waals surface area contributed by atoms with Gasteiger partial charge in [-0.05, 0) is 61.4 Å². The van der Waals surface area contributed by atoms with Gasteiger partial charge in [0.15, 0.2) is 0 Å². The summed E-state index contributed by atoms with van der Waals surface area (Å²) in [5.74, 6) is 1.29. The zero-order valence-corrected chi connectivity index (χ0v) is 18.6. The van der Waals surface area contributed by atoms with Crippen molar-refractivity contribution in [1.82, 2.24) is 0 Å². The molecular weight excluding hydrogens is 404 g/mol. The van der Waals surface area contributed by atoms with Crippen LogP contribution in [0.1, 0.15) is 11.1 Å². The summed E-state index contributed by atoms with van der Waals surface area (Å²) >= 11 is 0. The van der Waals surface area contributed by atoms with Crippen molar-refractivity contribution in [3.05, 3.63) is 83.9 Å². The molecule has 32 heavy (non-hydrogen) atoms. The van der Waals surface area contributed by atoms with Gasteiger partial charge in [-0.15, -0.1) is 0 Å². The van der Waals surface area contributed by atoms with E-state index in [4.69, 9.17) is 9.47 Å². The standard InChI is InChI=1S/C26H32N2O4/c1-19-7-3-5-9-25(19)27-15-21(29)17-31-23-11-13-24(14-12-23)32-18-22(30)16-28-26-10-6-4-8-20(26)2/h3-14,21-22,27-30H,15-18H2,1-2H3/t21-,22+. The highest BCUT2D eigenvalue weighted by Gasteiger charge is 2.08. The topological polar surface area (TPSA) is 83.0 Å². The quantitative estimate of drug-likeness (QED) is 0.343. The smallest absolute Gasteiger partial charge is 0.119 e. The Balaban J connectivity index is 1.35. The van der Waals surface area contributed by atoms with E-state index in [1.807, 2.05) is 62.4 Å². The Morgan fingerprint density at radius 1 is 0.625 bits per heavy atom. The molecule has 0 aliphatic carbocycles. The third-order valence-electron chi connectivity index (χ3n) is 5.05. The number of hydrogen-bond acceptors (Lipinski definition) is 6. The van der Waals surface area contributed by atoms with Crippen LogP contribution in [-0.4, -0.2) is 48.7 Å². The lowest BCUT2D eigenvalue weighted by Gasteiger charge is -2.16. The minimum absolute atomic E-state index is 0.183. The molecule has 6 heteroatoms. The number of aliphatic hydroxyl groups excluding tert-OH is 2. The Hall–Kier alpha value is -3.22. The van der Waals surface area contributed by atoms with Crippen LogP contribution < -0.4 is 20.1 Å². The van der Waals surface area contributed by atoms with Crippen molar-refractivity contribution >= 4 is 11.4 Å². The lowest BCUT2D eigenvalue weighted by atomic mass is 10.2. The van der Waals surface area contributed by atoms with E-state index >= 15 is 0 Å². The first kappa shape index (κ1) is 23.4. The lowest BCUT2D eigenvalue weighted by Crippen LogP contribution is -2.26. The zero-order valence-electron chi connectivity index (χ0n) is 18.6. The molecule has 170 valence electrons. The van der Waals surface area contributed by atoms with Gasteiger partial charge in [0, 0.05) is 24.5 Å². The molecule has 4 N–H and O–H groups in total. The van der Waals surface area contributed by atoms with Crippen molar-refractivity contribution in [1.29, 1.82) is 0 Å². The lowest BCUT2D eigenvalue weighted by molar-refractivity contribution is 0.115. The molecule has 0 aromatic heterocycles. The van der Waals surface area contributed by atoms with Crippen LogP contribution in [0.5, 0.6) is 11.5 Å². The molecule has 0 fully saturated rings. The maximum atomic E-state index is 10.2. The van der Waals surface area contributed by atoms with Crippen LogP contribution in [0.3, 0.4) is 0 Å². The molecule has 0 radical (unpaired) electrons. The highest BCUT2D eigenvalue weighted by molar-refractivity contribution is 5.51. The van der Waals surface area contributed by atoms with E-state index in [2.05, 4.69) is 10.6 Å². The minimum atomic E-state index is -0.638. The zero-order chi connectivity index (χ0) is 22.8. The number of aliphatic hydroxyl groups is 2. The van der Waals surface area contributed by atoms with E-state index in [1.54, 1.807) is 24.3 Å². The third-order valence-corrected chi connectivity index (χ3v) is 5.05. The molecule has 6 nitrogen and oxygen atoms in total. The average Bonchev–Trinajstić information content (AvgIpc) is 2.81. The molecular formula is C26H32N2O4. The third kappa shape index (κ3) is 7.48. The molecule has 0 saturated heterocycles. The summed E-state index contributed by atoms with van der Waals surface area (Å²) in [6.45, 7) is 5.22. The Labute approximate surface area is 189 Å². The first-order valence-electron chi connectivity index (χ1n) is 10.8. The van der Waals surface area contributed by atoms with E-state index in [-0.39, 0.29) is 13.2 Å². The summed E-state index contributed by atoms with van der Waals surface area (Å²) in [4.78, 5) is 0. The van der Waals surface area contributed by atoms with Gasteiger partial charge in [-0.2, -0.15) is 0 Å². The fraction of sp³-hybridized carbons (Fsp3) is 0.308. The second-order valence-electron chi connectivity index (χ2n) is 7.79. The van der Waals surface area contributed by atoms with Crippen molar-refractivity contribution in [2.75, 3.05) is 36.9 Å². The molecule has 0 heterocycles. The van der Waals surface area contributed by atoms with Crippen LogP contribution in [0.4, 0.5) is 11.4 Å². The molecule has 0 saturated carbocycles. The van der Waals surface area contributed by atoms with E-state index in [0.717, 1.165) is 22.5 Å². The first-order valence-corrected chi connectivity index (χ1v) is 10.8. The normalized spacial score (nSPS) is 12.6. The van der Waals surface area contributed by atoms with E-state index < -0.39 is 12.2 Å². The molecule has 0 aliphatic heterocycles. The molecule has 3 rings (SSSR count). The number of rotatable bonds is 12. The number of ether oxygens (including phenoxy) is 2. The van der Waals surface area contributed by atoms with Gasteiger partial charge >= 0.3 is 0 Å². The summed E-state index contributed by atoms with van der Waals surface area (Å²) < 4.78 is 11.3. The number of aryl methyl sites for hydroxylation is 2. The van der Waals surface area contributed by atoms with Gasteiger partial charge in [0.25, 0.3) is 0 Å². The fourth-order valence-corrected chi connectivity index (χ4v) is 3.13. The molecule has 0 bridgehead atoms. The Morgan fingerprint density at radius 2 is 1.00 bits per heavy atom. The van der Waals surface area contributed by atoms with E-state index in [1.165, 1.54) is 0 Å². The molecule has 3 aromatic rings. The number of nitrogens with one attached hydrogen (secondary N) is 2. The summed E-state index contributed by atoms with van der Waals surface area (Å²) in [5, 5.41) is 26.8. The number of benzene rings is 3. The predicted octanol–water partition coefficient (Wildman–Crippen LogP) is 4.01. The van der Waals surface area contributed by atoms with Gasteiger partial charge in [0.05, 0.1) is 0 Å². The van der Waals surface area contributed by atoms with Crippen molar-refractivity contribution in [2.24, 2.45) is 0 Å². The maximum absolute atomic E-state index is 10.2. The van der Waals surface area contributed by atoms with Gasteiger partial charge in [-0.1, -0.05) is 36.4 Å². The minimum Gasteiger partial charge on any atom is -0.491 e. The fourth-order valence-electron chi connectivity index (χ4n) is 3.13. The largest absolute Gasteiger partial charge is 0.491 e. The van der Waals surface area contributed by atoms with E-state index in [0.29, 0.717) is 24.6 Å². The second-order valence-corrected chi connectivity index (χ2v) is 7.79. The molecule has 0 amide bonds. The molecule has 0 aliphatic rings. The van der Waals surface area contributed by atoms with Gasteiger partial charge in [0.2, 0.25) is 0 Å². The molecule has 0 spiro atoms. The van der Waals surface area contributed by atoms with Crippen molar-refractivity contribution in [3.63, 3.8) is 0 Å². The van der Waals surface area contributed by atoms with Crippen LogP contribution in [0, 0.1) is 13.8 Å². The van der Waals surface area contributed by atoms with E-state index in [9.17, 15) is 10.2 Å².